The molecule has 0 aromatic heterocycles. The Morgan fingerprint density at radius 3 is 0.863 bits per heavy atom. The lowest BCUT2D eigenvalue weighted by Crippen LogP contribution is -2.30. The Morgan fingerprint density at radius 2 is 0.568 bits per heavy atom. The van der Waals surface area contributed by atoms with E-state index in [1.807, 2.05) is 0 Å². The van der Waals surface area contributed by atoms with Gasteiger partial charge >= 0.3 is 39.5 Å². The van der Waals surface area contributed by atoms with E-state index in [2.05, 4.69) is 65.8 Å². The number of hydrogen-bond acceptors (Lipinski definition) is 15. The standard InChI is InChI=1S/C76H144O17P2/c1-7-9-11-13-15-17-18-19-20-23-29-35-41-47-53-59-74(79)87-65-72(93-75(80)60-54-48-42-36-30-24-21-22-27-33-38-44-50-56-68(3)4)67-91-95(84,85)89-63-70(77)62-88-94(82,83)90-66-71(64-86-73(78)58-52-46-40-32-16-14-12-10-8-2)92-76(81)61-55-49-43-37-31-26-25-28-34-39-45-51-57-69(5)6/h17-20,68-72,77H,7-16,21-67H2,1-6H3,(H,82,83)(H,84,85)/b18-17-,20-19-/t70-,71+,72+/m0/s1. The van der Waals surface area contributed by atoms with Crippen molar-refractivity contribution in [2.24, 2.45) is 11.8 Å². The molecule has 95 heavy (non-hydrogen) atoms. The Labute approximate surface area is 580 Å². The van der Waals surface area contributed by atoms with Crippen LogP contribution in [0.3, 0.4) is 0 Å². The van der Waals surface area contributed by atoms with Crippen LogP contribution in [0.4, 0.5) is 0 Å². The topological polar surface area (TPSA) is 237 Å². The van der Waals surface area contributed by atoms with Crippen LogP contribution in [0.25, 0.3) is 0 Å². The van der Waals surface area contributed by atoms with E-state index in [4.69, 9.17) is 37.0 Å². The monoisotopic (exact) mass is 1390 g/mol. The van der Waals surface area contributed by atoms with E-state index in [1.165, 1.54) is 167 Å². The Hall–Kier alpha value is -2.46. The number of hydrogen-bond donors (Lipinski definition) is 3. The van der Waals surface area contributed by atoms with Crippen molar-refractivity contribution >= 4 is 39.5 Å². The number of aliphatic hydroxyl groups excluding tert-OH is 1. The summed E-state index contributed by atoms with van der Waals surface area (Å²) in [6.45, 7) is 9.54. The van der Waals surface area contributed by atoms with Gasteiger partial charge in [0, 0.05) is 25.7 Å². The summed E-state index contributed by atoms with van der Waals surface area (Å²) >= 11 is 0. The number of ether oxygens (including phenoxy) is 4. The van der Waals surface area contributed by atoms with Crippen LogP contribution in [0.15, 0.2) is 24.3 Å². The van der Waals surface area contributed by atoms with E-state index in [-0.39, 0.29) is 25.7 Å². The first-order chi connectivity index (χ1) is 45.9. The first-order valence-corrected chi connectivity index (χ1v) is 41.8. The molecule has 0 rings (SSSR count). The maximum Gasteiger partial charge on any atom is 0.472 e. The van der Waals surface area contributed by atoms with Gasteiger partial charge in [-0.15, -0.1) is 0 Å². The highest BCUT2D eigenvalue weighted by molar-refractivity contribution is 7.47. The average molecular weight is 1390 g/mol. The number of phosphoric ester groups is 2. The summed E-state index contributed by atoms with van der Waals surface area (Å²) in [5.41, 5.74) is 0. The maximum atomic E-state index is 13.1. The molecule has 0 aromatic rings. The van der Waals surface area contributed by atoms with Gasteiger partial charge in [0.05, 0.1) is 26.4 Å². The number of unbranched alkanes of at least 4 members (excludes halogenated alkanes) is 40. The molecule has 3 N–H and O–H groups in total. The summed E-state index contributed by atoms with van der Waals surface area (Å²) in [4.78, 5) is 72.8. The molecule has 17 nitrogen and oxygen atoms in total. The quantitative estimate of drug-likeness (QED) is 0.0169. The summed E-state index contributed by atoms with van der Waals surface area (Å²) < 4.78 is 68.5. The first kappa shape index (κ1) is 92.5. The molecule has 0 bridgehead atoms. The van der Waals surface area contributed by atoms with Gasteiger partial charge in [0.1, 0.15) is 19.3 Å². The first-order valence-electron chi connectivity index (χ1n) is 38.8. The van der Waals surface area contributed by atoms with E-state index in [1.54, 1.807) is 0 Å². The summed E-state index contributed by atoms with van der Waals surface area (Å²) in [6.07, 6.45) is 57.6. The lowest BCUT2D eigenvalue weighted by Gasteiger charge is -2.21. The zero-order valence-electron chi connectivity index (χ0n) is 61.5. The second-order valence-corrected chi connectivity index (χ2v) is 30.6. The second-order valence-electron chi connectivity index (χ2n) is 27.7. The van der Waals surface area contributed by atoms with Crippen LogP contribution in [0.2, 0.25) is 0 Å². The SMILES string of the molecule is CCCCCC/C=C\C=C/CCCCCCCC(=O)OC[C@H](COP(=O)(O)OC[C@@H](O)COP(=O)(O)OC[C@@H](COC(=O)CCCCCCCCCCC)OC(=O)CCCCCCCCCCCCCCC(C)C)OC(=O)CCCCCCCCCCCCCCCC(C)C. The molecule has 0 aromatic carbocycles. The highest BCUT2D eigenvalue weighted by atomic mass is 31.2. The maximum absolute atomic E-state index is 13.1. The second kappa shape index (κ2) is 67.4. The van der Waals surface area contributed by atoms with Gasteiger partial charge in [0.15, 0.2) is 12.2 Å². The van der Waals surface area contributed by atoms with Crippen molar-refractivity contribution in [2.45, 2.75) is 387 Å². The number of carbonyl (C=O) groups excluding carboxylic acids is 4. The van der Waals surface area contributed by atoms with Crippen LogP contribution in [-0.2, 0) is 65.4 Å². The van der Waals surface area contributed by atoms with Crippen molar-refractivity contribution in [1.82, 2.24) is 0 Å². The molecule has 0 heterocycles. The van der Waals surface area contributed by atoms with Crippen molar-refractivity contribution in [1.29, 1.82) is 0 Å². The summed E-state index contributed by atoms with van der Waals surface area (Å²) in [5, 5.41) is 10.6. The molecular weight excluding hydrogens is 1250 g/mol. The molecule has 0 saturated carbocycles. The zero-order valence-corrected chi connectivity index (χ0v) is 63.2. The number of rotatable bonds is 73. The third-order valence-corrected chi connectivity index (χ3v) is 19.0. The fraction of sp³-hybridized carbons (Fsp3) is 0.895. The normalized spacial score (nSPS) is 14.2. The smallest absolute Gasteiger partial charge is 0.462 e. The van der Waals surface area contributed by atoms with Crippen LogP contribution in [-0.4, -0.2) is 96.7 Å². The van der Waals surface area contributed by atoms with E-state index in [9.17, 15) is 43.2 Å². The van der Waals surface area contributed by atoms with E-state index in [0.29, 0.717) is 25.7 Å². The number of carbonyl (C=O) groups is 4. The molecule has 0 saturated heterocycles. The van der Waals surface area contributed by atoms with Gasteiger partial charge in [0.2, 0.25) is 0 Å². The molecule has 0 radical (unpaired) electrons. The molecule has 560 valence electrons. The van der Waals surface area contributed by atoms with E-state index >= 15 is 0 Å². The molecule has 0 fully saturated rings. The molecule has 2 unspecified atom stereocenters. The average Bonchev–Trinajstić information content (AvgIpc) is 1.58. The van der Waals surface area contributed by atoms with Crippen LogP contribution in [0, 0.1) is 11.8 Å². The predicted octanol–water partition coefficient (Wildman–Crippen LogP) is 21.9. The van der Waals surface area contributed by atoms with Gasteiger partial charge in [-0.25, -0.2) is 9.13 Å². The van der Waals surface area contributed by atoms with Gasteiger partial charge in [-0.1, -0.05) is 316 Å². The third-order valence-electron chi connectivity index (χ3n) is 17.1. The third kappa shape index (κ3) is 69.8. The molecule has 0 aliphatic rings. The lowest BCUT2D eigenvalue weighted by molar-refractivity contribution is -0.161. The highest BCUT2D eigenvalue weighted by Gasteiger charge is 2.30. The Morgan fingerprint density at radius 1 is 0.326 bits per heavy atom. The van der Waals surface area contributed by atoms with Crippen molar-refractivity contribution in [2.75, 3.05) is 39.6 Å². The number of aliphatic hydroxyl groups is 1. The molecule has 19 heteroatoms. The van der Waals surface area contributed by atoms with Crippen molar-refractivity contribution < 1.29 is 80.2 Å². The Kier molecular flexibility index (Phi) is 65.6. The van der Waals surface area contributed by atoms with Gasteiger partial charge in [0.25, 0.3) is 0 Å². The molecule has 0 aliphatic heterocycles. The summed E-state index contributed by atoms with van der Waals surface area (Å²) in [7, 11) is -9.92. The zero-order chi connectivity index (χ0) is 70.0. The van der Waals surface area contributed by atoms with Gasteiger partial charge < -0.3 is 33.8 Å². The van der Waals surface area contributed by atoms with Gasteiger partial charge in [-0.05, 0) is 63.2 Å². The van der Waals surface area contributed by atoms with Gasteiger partial charge in [-0.2, -0.15) is 0 Å². The fourth-order valence-corrected chi connectivity index (χ4v) is 12.7. The van der Waals surface area contributed by atoms with Crippen LogP contribution < -0.4 is 0 Å². The molecule has 0 spiro atoms. The Bertz CT molecular complexity index is 1930. The number of phosphoric acid groups is 2. The van der Waals surface area contributed by atoms with Crippen molar-refractivity contribution in [3.8, 4) is 0 Å². The van der Waals surface area contributed by atoms with Crippen molar-refractivity contribution in [3.63, 3.8) is 0 Å². The summed E-state index contributed by atoms with van der Waals surface area (Å²) in [5.74, 6) is -0.587. The minimum atomic E-state index is -4.96. The van der Waals surface area contributed by atoms with Crippen molar-refractivity contribution in [3.05, 3.63) is 24.3 Å². The minimum absolute atomic E-state index is 0.100. The largest absolute Gasteiger partial charge is 0.472 e. The minimum Gasteiger partial charge on any atom is -0.462 e. The highest BCUT2D eigenvalue weighted by Crippen LogP contribution is 2.45. The molecule has 0 amide bonds. The fourth-order valence-electron chi connectivity index (χ4n) is 11.1. The summed E-state index contributed by atoms with van der Waals surface area (Å²) in [6, 6.07) is 0. The number of allylic oxidation sites excluding steroid dienone is 4. The Balaban J connectivity index is 5.27. The van der Waals surface area contributed by atoms with Crippen LogP contribution in [0.1, 0.15) is 369 Å². The van der Waals surface area contributed by atoms with E-state index in [0.717, 1.165) is 121 Å². The number of esters is 4. The van der Waals surface area contributed by atoms with Gasteiger partial charge in [-0.3, -0.25) is 37.3 Å². The molecule has 0 aliphatic carbocycles. The lowest BCUT2D eigenvalue weighted by atomic mass is 10.0. The molecule has 5 atom stereocenters. The predicted molar refractivity (Wildman–Crippen MR) is 386 cm³/mol. The van der Waals surface area contributed by atoms with E-state index < -0.39 is 97.5 Å². The van der Waals surface area contributed by atoms with Crippen LogP contribution >= 0.6 is 15.6 Å². The van der Waals surface area contributed by atoms with Crippen LogP contribution in [0.5, 0.6) is 0 Å². The molecular formula is C76H144O17P2.